The van der Waals surface area contributed by atoms with E-state index >= 15 is 0 Å². The highest BCUT2D eigenvalue weighted by molar-refractivity contribution is 8.13. The number of nitrogens with one attached hydrogen (secondary N) is 1. The number of nitrogens with two attached hydrogens (primary N) is 1. The molecule has 8 heteroatoms. The molecule has 32 heavy (non-hydrogen) atoms. The van der Waals surface area contributed by atoms with Crippen LogP contribution in [-0.4, -0.2) is 46.7 Å². The van der Waals surface area contributed by atoms with Crippen molar-refractivity contribution in [3.8, 4) is 11.1 Å². The van der Waals surface area contributed by atoms with Crippen molar-refractivity contribution in [2.24, 2.45) is 11.7 Å². The number of benzene rings is 2. The molecule has 2 aromatic carbocycles. The van der Waals surface area contributed by atoms with Crippen molar-refractivity contribution in [2.75, 3.05) is 12.4 Å². The smallest absolute Gasteiger partial charge is 0.367 e. The van der Waals surface area contributed by atoms with Gasteiger partial charge in [0.1, 0.15) is 12.6 Å². The summed E-state index contributed by atoms with van der Waals surface area (Å²) in [5, 5.41) is 11.2. The number of amides is 1. The summed E-state index contributed by atoms with van der Waals surface area (Å²) in [6, 6.07) is 14.0. The first-order valence-corrected chi connectivity index (χ1v) is 11.5. The van der Waals surface area contributed by atoms with Gasteiger partial charge in [-0.1, -0.05) is 62.4 Å². The normalized spacial score (nSPS) is 14.4. The summed E-state index contributed by atoms with van der Waals surface area (Å²) < 4.78 is 5.47. The van der Waals surface area contributed by atoms with Crippen LogP contribution in [0.15, 0.2) is 48.5 Å². The molecule has 170 valence electrons. The van der Waals surface area contributed by atoms with Crippen LogP contribution in [0.5, 0.6) is 0 Å². The number of hydrogen-bond donors (Lipinski definition) is 3. The molecule has 0 radical (unpaired) electrons. The average molecular weight is 457 g/mol. The number of ether oxygens (including phenoxy) is 1. The Morgan fingerprint density at radius 1 is 1.06 bits per heavy atom. The molecule has 1 aliphatic carbocycles. The minimum absolute atomic E-state index is 0.0732. The lowest BCUT2D eigenvalue weighted by atomic mass is 9.98. The first kappa shape index (κ1) is 23.8. The maximum atomic E-state index is 12.3. The fourth-order valence-corrected chi connectivity index (χ4v) is 4.53. The van der Waals surface area contributed by atoms with Crippen LogP contribution in [0.1, 0.15) is 37.3 Å². The fourth-order valence-electron chi connectivity index (χ4n) is 3.85. The summed E-state index contributed by atoms with van der Waals surface area (Å²) in [4.78, 5) is 36.0. The minimum Gasteiger partial charge on any atom is -0.480 e. The summed E-state index contributed by atoms with van der Waals surface area (Å²) in [6.45, 7) is 4.01. The molecule has 2 atom stereocenters. The number of carboxylic acid groups (broad SMARTS) is 1. The third-order valence-electron chi connectivity index (χ3n) is 5.37. The van der Waals surface area contributed by atoms with Crippen molar-refractivity contribution in [3.05, 3.63) is 59.7 Å². The molecule has 0 saturated heterocycles. The molecule has 0 saturated carbocycles. The zero-order chi connectivity index (χ0) is 23.3. The Kier molecular flexibility index (Phi) is 7.93. The van der Waals surface area contributed by atoms with Crippen LogP contribution in [0.2, 0.25) is 0 Å². The summed E-state index contributed by atoms with van der Waals surface area (Å²) >= 11 is 0.729. The quantitative estimate of drug-likeness (QED) is 0.493. The molecule has 0 fully saturated rings. The van der Waals surface area contributed by atoms with Gasteiger partial charge >= 0.3 is 11.3 Å². The molecule has 0 aliphatic heterocycles. The van der Waals surface area contributed by atoms with Gasteiger partial charge in [-0.15, -0.1) is 0 Å². The summed E-state index contributed by atoms with van der Waals surface area (Å²) in [5.74, 6) is -1.79. The molecule has 0 unspecified atom stereocenters. The van der Waals surface area contributed by atoms with E-state index in [0.717, 1.165) is 34.0 Å². The monoisotopic (exact) mass is 456 g/mol. The second kappa shape index (κ2) is 10.7. The Morgan fingerprint density at radius 2 is 1.62 bits per heavy atom. The molecule has 4 N–H and O–H groups in total. The number of hydrogen-bond acceptors (Lipinski definition) is 6. The van der Waals surface area contributed by atoms with E-state index in [9.17, 15) is 19.5 Å². The molecule has 0 aromatic heterocycles. The molecular weight excluding hydrogens is 428 g/mol. The second-order valence-electron chi connectivity index (χ2n) is 8.23. The van der Waals surface area contributed by atoms with E-state index in [4.69, 9.17) is 10.5 Å². The van der Waals surface area contributed by atoms with Crippen molar-refractivity contribution in [3.63, 3.8) is 0 Å². The number of thioether (sulfide) groups is 1. The molecule has 7 nitrogen and oxygen atoms in total. The predicted octanol–water partition coefficient (Wildman–Crippen LogP) is 3.61. The standard InChI is InChI=1S/C24H28N2O5S/c1-14(2)11-20(25)22(27)26-21(23(28)29)13-32-24(30)31-12-19-17-9-5-3-7-15(17)16-8-4-6-10-18(16)19/h3-10,14,19-21H,11-13,25H2,1-2H3,(H,26,27)(H,28,29)/t20-,21-/m0/s1. The van der Waals surface area contributed by atoms with E-state index in [0.29, 0.717) is 6.42 Å². The van der Waals surface area contributed by atoms with Crippen LogP contribution in [0.4, 0.5) is 4.79 Å². The Balaban J connectivity index is 1.55. The van der Waals surface area contributed by atoms with Gasteiger partial charge in [0, 0.05) is 11.7 Å². The van der Waals surface area contributed by atoms with Crippen LogP contribution >= 0.6 is 11.8 Å². The number of carboxylic acids is 1. The van der Waals surface area contributed by atoms with E-state index in [1.54, 1.807) is 0 Å². The van der Waals surface area contributed by atoms with Gasteiger partial charge in [0.05, 0.1) is 6.04 Å². The zero-order valence-corrected chi connectivity index (χ0v) is 18.9. The van der Waals surface area contributed by atoms with Crippen molar-refractivity contribution >= 4 is 28.9 Å². The van der Waals surface area contributed by atoms with Gasteiger partial charge in [0.25, 0.3) is 0 Å². The van der Waals surface area contributed by atoms with Gasteiger partial charge in [-0.2, -0.15) is 0 Å². The molecule has 0 spiro atoms. The predicted molar refractivity (Wildman–Crippen MR) is 125 cm³/mol. The minimum atomic E-state index is -1.23. The second-order valence-corrected chi connectivity index (χ2v) is 9.19. The molecule has 1 aliphatic rings. The Morgan fingerprint density at radius 3 is 2.16 bits per heavy atom. The fraction of sp³-hybridized carbons (Fsp3) is 0.375. The molecular formula is C24H28N2O5S. The molecule has 0 heterocycles. The Labute approximate surface area is 191 Å². The van der Waals surface area contributed by atoms with Gasteiger partial charge in [-0.3, -0.25) is 4.79 Å². The lowest BCUT2D eigenvalue weighted by Gasteiger charge is -2.18. The number of rotatable bonds is 9. The van der Waals surface area contributed by atoms with E-state index in [2.05, 4.69) is 17.4 Å². The van der Waals surface area contributed by atoms with Crippen molar-refractivity contribution in [1.29, 1.82) is 0 Å². The molecule has 3 rings (SSSR count). The zero-order valence-electron chi connectivity index (χ0n) is 18.1. The van der Waals surface area contributed by atoms with E-state index in [1.165, 1.54) is 0 Å². The van der Waals surface area contributed by atoms with Crippen molar-refractivity contribution in [2.45, 2.75) is 38.3 Å². The first-order valence-electron chi connectivity index (χ1n) is 10.5. The molecule has 2 aromatic rings. The third-order valence-corrected chi connectivity index (χ3v) is 6.23. The van der Waals surface area contributed by atoms with Gasteiger partial charge in [-0.05, 0) is 46.4 Å². The Bertz CT molecular complexity index is 948. The summed E-state index contributed by atoms with van der Waals surface area (Å²) in [7, 11) is 0. The lowest BCUT2D eigenvalue weighted by molar-refractivity contribution is -0.141. The maximum Gasteiger partial charge on any atom is 0.367 e. The van der Waals surface area contributed by atoms with Crippen LogP contribution in [-0.2, 0) is 14.3 Å². The summed E-state index contributed by atoms with van der Waals surface area (Å²) in [6.07, 6.45) is 0.442. The largest absolute Gasteiger partial charge is 0.480 e. The number of aliphatic carboxylic acids is 1. The van der Waals surface area contributed by atoms with Crippen molar-refractivity contribution < 1.29 is 24.2 Å². The summed E-state index contributed by atoms with van der Waals surface area (Å²) in [5.41, 5.74) is 10.3. The number of fused-ring (bicyclic) bond motifs is 3. The van der Waals surface area contributed by atoms with Crippen LogP contribution < -0.4 is 11.1 Å². The van der Waals surface area contributed by atoms with Gasteiger partial charge in [0.15, 0.2) is 0 Å². The van der Waals surface area contributed by atoms with Crippen LogP contribution in [0.25, 0.3) is 11.1 Å². The number of carbonyl (C=O) groups excluding carboxylic acids is 2. The third kappa shape index (κ3) is 5.69. The Hall–Kier alpha value is -2.84. The van der Waals surface area contributed by atoms with Crippen LogP contribution in [0.3, 0.4) is 0 Å². The maximum absolute atomic E-state index is 12.3. The van der Waals surface area contributed by atoms with Gasteiger partial charge in [-0.25, -0.2) is 9.59 Å². The highest BCUT2D eigenvalue weighted by atomic mass is 32.2. The molecule has 1 amide bonds. The van der Waals surface area contributed by atoms with Gasteiger partial charge < -0.3 is 20.9 Å². The highest BCUT2D eigenvalue weighted by Crippen LogP contribution is 2.44. The first-order chi connectivity index (χ1) is 15.3. The SMILES string of the molecule is CC(C)C[C@H](N)C(=O)N[C@@H](CSC(=O)OCC1c2ccccc2-c2ccccc21)C(=O)O. The van der Waals surface area contributed by atoms with E-state index < -0.39 is 29.3 Å². The van der Waals surface area contributed by atoms with Crippen LogP contribution in [0, 0.1) is 5.92 Å². The highest BCUT2D eigenvalue weighted by Gasteiger charge is 2.30. The molecule has 0 bridgehead atoms. The van der Waals surface area contributed by atoms with Crippen molar-refractivity contribution in [1.82, 2.24) is 5.32 Å². The van der Waals surface area contributed by atoms with E-state index in [-0.39, 0.29) is 24.2 Å². The topological polar surface area (TPSA) is 119 Å². The van der Waals surface area contributed by atoms with E-state index in [1.807, 2.05) is 50.2 Å². The lowest BCUT2D eigenvalue weighted by Crippen LogP contribution is -2.50. The average Bonchev–Trinajstić information content (AvgIpc) is 3.08. The number of carbonyl (C=O) groups is 3. The van der Waals surface area contributed by atoms with Gasteiger partial charge in [0.2, 0.25) is 5.91 Å².